The number of methoxy groups -OCH3 is 1. The Morgan fingerprint density at radius 3 is 2.64 bits per heavy atom. The molecule has 2 heterocycles. The average Bonchev–Trinajstić information content (AvgIpc) is 3.05. The monoisotopic (exact) mass is 377 g/mol. The van der Waals surface area contributed by atoms with Gasteiger partial charge >= 0.3 is 5.97 Å². The summed E-state index contributed by atoms with van der Waals surface area (Å²) < 4.78 is 12.6. The number of hydrogen-bond acceptors (Lipinski definition) is 5. The molecule has 0 fully saturated rings. The maximum absolute atomic E-state index is 13.0. The van der Waals surface area contributed by atoms with Gasteiger partial charge in [0.25, 0.3) is 0 Å². The third kappa shape index (κ3) is 3.05. The molecule has 1 atom stereocenters. The molecule has 0 aliphatic carbocycles. The van der Waals surface area contributed by atoms with Crippen LogP contribution in [0.1, 0.15) is 24.1 Å². The molecule has 0 radical (unpaired) electrons. The van der Waals surface area contributed by atoms with E-state index in [1.807, 2.05) is 43.3 Å². The van der Waals surface area contributed by atoms with Gasteiger partial charge in [0.05, 0.1) is 29.3 Å². The first-order valence-electron chi connectivity index (χ1n) is 9.28. The maximum Gasteiger partial charge on any atom is 0.338 e. The molecule has 1 aliphatic heterocycles. The molecule has 4 rings (SSSR count). The van der Waals surface area contributed by atoms with E-state index in [0.717, 1.165) is 33.8 Å². The molecule has 6 nitrogen and oxygen atoms in total. The zero-order valence-corrected chi connectivity index (χ0v) is 16.2. The lowest BCUT2D eigenvalue weighted by Crippen LogP contribution is -2.29. The Labute approximate surface area is 163 Å². The van der Waals surface area contributed by atoms with Gasteiger partial charge in [-0.05, 0) is 37.1 Å². The van der Waals surface area contributed by atoms with Crippen LogP contribution in [-0.4, -0.2) is 35.8 Å². The highest BCUT2D eigenvalue weighted by Gasteiger charge is 2.35. The summed E-state index contributed by atoms with van der Waals surface area (Å²) in [6.45, 7) is 4.52. The zero-order valence-electron chi connectivity index (χ0n) is 16.2. The van der Waals surface area contributed by atoms with E-state index in [0.29, 0.717) is 12.2 Å². The number of fused-ring (bicyclic) bond motifs is 3. The number of rotatable bonds is 5. The van der Waals surface area contributed by atoms with Crippen molar-refractivity contribution in [2.24, 2.45) is 0 Å². The fraction of sp³-hybridized carbons (Fsp3) is 0.273. The van der Waals surface area contributed by atoms with Gasteiger partial charge in [-0.25, -0.2) is 9.78 Å². The van der Waals surface area contributed by atoms with Gasteiger partial charge in [-0.15, -0.1) is 0 Å². The summed E-state index contributed by atoms with van der Waals surface area (Å²) in [4.78, 5) is 17.8. The number of para-hydroxylation sites is 2. The van der Waals surface area contributed by atoms with E-state index in [9.17, 15) is 4.79 Å². The minimum atomic E-state index is -0.348. The van der Waals surface area contributed by atoms with Crippen molar-refractivity contribution in [2.75, 3.05) is 25.6 Å². The van der Waals surface area contributed by atoms with Crippen LogP contribution in [0.4, 0.5) is 5.95 Å². The third-order valence-corrected chi connectivity index (χ3v) is 5.05. The number of nitrogens with one attached hydrogen (secondary N) is 1. The summed E-state index contributed by atoms with van der Waals surface area (Å²) in [5, 5.41) is 3.29. The van der Waals surface area contributed by atoms with Crippen LogP contribution in [0.3, 0.4) is 0 Å². The lowest BCUT2D eigenvalue weighted by molar-refractivity contribution is -0.140. The van der Waals surface area contributed by atoms with Gasteiger partial charge in [-0.1, -0.05) is 36.4 Å². The first kappa shape index (κ1) is 18.3. The molecule has 2 aromatic carbocycles. The number of carbonyl (C=O) groups excluding carboxylic acids is 1. The van der Waals surface area contributed by atoms with E-state index < -0.39 is 0 Å². The Morgan fingerprint density at radius 1 is 1.11 bits per heavy atom. The second-order valence-corrected chi connectivity index (χ2v) is 6.85. The van der Waals surface area contributed by atoms with Gasteiger partial charge in [0.15, 0.2) is 0 Å². The molecule has 0 spiro atoms. The fourth-order valence-electron chi connectivity index (χ4n) is 3.71. The molecule has 0 unspecified atom stereocenters. The average molecular weight is 377 g/mol. The number of aromatic nitrogens is 2. The van der Waals surface area contributed by atoms with Gasteiger partial charge in [-0.3, -0.25) is 4.57 Å². The summed E-state index contributed by atoms with van der Waals surface area (Å²) >= 11 is 0. The molecular formula is C22H23N3O3. The summed E-state index contributed by atoms with van der Waals surface area (Å²) in [6.07, 6.45) is 0. The predicted octanol–water partition coefficient (Wildman–Crippen LogP) is 3.82. The van der Waals surface area contributed by atoms with Crippen LogP contribution in [0, 0.1) is 6.92 Å². The molecule has 28 heavy (non-hydrogen) atoms. The molecule has 0 amide bonds. The summed E-state index contributed by atoms with van der Waals surface area (Å²) in [6, 6.07) is 15.7. The number of imidazole rings is 1. The minimum absolute atomic E-state index is 0.212. The highest BCUT2D eigenvalue weighted by Crippen LogP contribution is 2.40. The largest absolute Gasteiger partial charge is 0.460 e. The smallest absolute Gasteiger partial charge is 0.338 e. The Morgan fingerprint density at radius 2 is 1.86 bits per heavy atom. The molecule has 0 saturated carbocycles. The maximum atomic E-state index is 13.0. The minimum Gasteiger partial charge on any atom is -0.460 e. The van der Waals surface area contributed by atoms with Crippen molar-refractivity contribution >= 4 is 23.0 Å². The van der Waals surface area contributed by atoms with Crippen molar-refractivity contribution in [1.29, 1.82) is 0 Å². The highest BCUT2D eigenvalue weighted by molar-refractivity contribution is 5.94. The van der Waals surface area contributed by atoms with E-state index in [2.05, 4.69) is 28.9 Å². The Hall–Kier alpha value is -3.12. The van der Waals surface area contributed by atoms with Gasteiger partial charge in [0, 0.05) is 12.8 Å². The first-order chi connectivity index (χ1) is 13.6. The van der Waals surface area contributed by atoms with Crippen LogP contribution in [0.25, 0.3) is 11.0 Å². The molecule has 0 bridgehead atoms. The van der Waals surface area contributed by atoms with Gasteiger partial charge < -0.3 is 14.8 Å². The molecule has 144 valence electrons. The zero-order chi connectivity index (χ0) is 19.7. The van der Waals surface area contributed by atoms with Crippen LogP contribution in [-0.2, 0) is 14.3 Å². The Kier molecular flexibility index (Phi) is 4.88. The van der Waals surface area contributed by atoms with E-state index in [-0.39, 0.29) is 18.6 Å². The lowest BCUT2D eigenvalue weighted by Gasteiger charge is -2.31. The number of benzene rings is 2. The number of carbonyl (C=O) groups is 1. The van der Waals surface area contributed by atoms with Crippen LogP contribution < -0.4 is 5.32 Å². The first-order valence-corrected chi connectivity index (χ1v) is 9.28. The van der Waals surface area contributed by atoms with Gasteiger partial charge in [0.2, 0.25) is 5.95 Å². The molecule has 6 heteroatoms. The van der Waals surface area contributed by atoms with Crippen LogP contribution >= 0.6 is 0 Å². The lowest BCUT2D eigenvalue weighted by atomic mass is 9.92. The molecule has 1 N–H and O–H groups in total. The highest BCUT2D eigenvalue weighted by atomic mass is 16.6. The number of anilines is 1. The van der Waals surface area contributed by atoms with Crippen molar-refractivity contribution in [3.05, 3.63) is 70.9 Å². The second kappa shape index (κ2) is 7.48. The van der Waals surface area contributed by atoms with E-state index in [1.165, 1.54) is 0 Å². The quantitative estimate of drug-likeness (QED) is 0.541. The van der Waals surface area contributed by atoms with Crippen molar-refractivity contribution in [3.63, 3.8) is 0 Å². The summed E-state index contributed by atoms with van der Waals surface area (Å²) in [5.41, 5.74) is 5.33. The van der Waals surface area contributed by atoms with Crippen LogP contribution in [0.5, 0.6) is 0 Å². The van der Waals surface area contributed by atoms with Crippen LogP contribution in [0.15, 0.2) is 59.8 Å². The number of aryl methyl sites for hydroxylation is 1. The molecule has 3 aromatic rings. The van der Waals surface area contributed by atoms with Gasteiger partial charge in [-0.2, -0.15) is 0 Å². The summed E-state index contributed by atoms with van der Waals surface area (Å²) in [5.74, 6) is 0.374. The number of allylic oxidation sites excluding steroid dienone is 1. The normalized spacial score (nSPS) is 16.0. The van der Waals surface area contributed by atoms with Crippen molar-refractivity contribution in [1.82, 2.24) is 9.55 Å². The number of ether oxygens (including phenoxy) is 2. The van der Waals surface area contributed by atoms with Crippen LogP contribution in [0.2, 0.25) is 0 Å². The fourth-order valence-corrected chi connectivity index (χ4v) is 3.71. The van der Waals surface area contributed by atoms with Crippen molar-refractivity contribution in [3.8, 4) is 0 Å². The Balaban J connectivity index is 1.89. The molecule has 1 aromatic heterocycles. The third-order valence-electron chi connectivity index (χ3n) is 5.05. The Bertz CT molecular complexity index is 1070. The number of nitrogens with zero attached hydrogens (tertiary/aromatic N) is 2. The molecule has 0 saturated heterocycles. The van der Waals surface area contributed by atoms with Gasteiger partial charge in [0.1, 0.15) is 6.61 Å². The molecule has 1 aliphatic rings. The number of esters is 1. The van der Waals surface area contributed by atoms with E-state index >= 15 is 0 Å². The predicted molar refractivity (Wildman–Crippen MR) is 108 cm³/mol. The topological polar surface area (TPSA) is 65.4 Å². The van der Waals surface area contributed by atoms with E-state index in [4.69, 9.17) is 14.5 Å². The van der Waals surface area contributed by atoms with Crippen molar-refractivity contribution in [2.45, 2.75) is 19.9 Å². The van der Waals surface area contributed by atoms with Crippen molar-refractivity contribution < 1.29 is 14.3 Å². The number of hydrogen-bond donors (Lipinski definition) is 1. The van der Waals surface area contributed by atoms with E-state index in [1.54, 1.807) is 7.11 Å². The summed E-state index contributed by atoms with van der Waals surface area (Å²) in [7, 11) is 1.58. The standard InChI is InChI=1S/C22H23N3O3/c1-14-8-4-5-9-16(14)20-19(21(26)28-13-12-27-3)15(2)23-22-24-17-10-6-7-11-18(17)25(20)22/h4-11,20H,12-13H2,1-3H3,(H,23,24)/t20-/m0/s1. The second-order valence-electron chi connectivity index (χ2n) is 6.85. The SMILES string of the molecule is COCCOC(=O)C1=C(C)Nc2nc3ccccc3n2[C@H]1c1ccccc1C. The molecular weight excluding hydrogens is 354 g/mol.